The van der Waals surface area contributed by atoms with Crippen molar-refractivity contribution in [2.45, 2.75) is 59.1 Å². The Morgan fingerprint density at radius 1 is 1.00 bits per heavy atom. The van der Waals surface area contributed by atoms with E-state index in [9.17, 15) is 0 Å². The third-order valence-electron chi connectivity index (χ3n) is 3.59. The Hall–Kier alpha value is -0.860. The SMILES string of the molecule is CCNC(Cc1ccc(CC)cc1)C(CC)OCC. The monoisotopic (exact) mass is 263 g/mol. The highest BCUT2D eigenvalue weighted by Gasteiger charge is 2.19. The molecule has 2 unspecified atom stereocenters. The fourth-order valence-corrected chi connectivity index (χ4v) is 2.49. The Labute approximate surface area is 118 Å². The van der Waals surface area contributed by atoms with Crippen molar-refractivity contribution in [3.05, 3.63) is 35.4 Å². The van der Waals surface area contributed by atoms with Crippen LogP contribution in [0.2, 0.25) is 0 Å². The summed E-state index contributed by atoms with van der Waals surface area (Å²) < 4.78 is 5.86. The number of hydrogen-bond donors (Lipinski definition) is 1. The van der Waals surface area contributed by atoms with Gasteiger partial charge in [0.05, 0.1) is 6.10 Å². The van der Waals surface area contributed by atoms with Crippen molar-refractivity contribution < 1.29 is 4.74 Å². The van der Waals surface area contributed by atoms with Crippen molar-refractivity contribution in [2.75, 3.05) is 13.2 Å². The molecule has 1 aromatic carbocycles. The zero-order valence-corrected chi connectivity index (χ0v) is 12.9. The number of ether oxygens (including phenoxy) is 1. The van der Waals surface area contributed by atoms with E-state index in [2.05, 4.69) is 57.3 Å². The summed E-state index contributed by atoms with van der Waals surface area (Å²) in [4.78, 5) is 0. The fourth-order valence-electron chi connectivity index (χ4n) is 2.49. The molecule has 108 valence electrons. The molecule has 1 N–H and O–H groups in total. The Morgan fingerprint density at radius 2 is 1.63 bits per heavy atom. The molecule has 2 atom stereocenters. The predicted octanol–water partition coefficient (Wildman–Crippen LogP) is 3.58. The van der Waals surface area contributed by atoms with Gasteiger partial charge in [0.1, 0.15) is 0 Å². The van der Waals surface area contributed by atoms with E-state index < -0.39 is 0 Å². The van der Waals surface area contributed by atoms with Gasteiger partial charge in [-0.05, 0) is 43.9 Å². The van der Waals surface area contributed by atoms with E-state index in [0.717, 1.165) is 32.4 Å². The first kappa shape index (κ1) is 16.2. The van der Waals surface area contributed by atoms with E-state index in [-0.39, 0.29) is 0 Å². The predicted molar refractivity (Wildman–Crippen MR) is 82.7 cm³/mol. The fraction of sp³-hybridized carbons (Fsp3) is 0.647. The number of likely N-dealkylation sites (N-methyl/N-ethyl adjacent to an activating group) is 1. The van der Waals surface area contributed by atoms with Crippen molar-refractivity contribution in [3.8, 4) is 0 Å². The summed E-state index contributed by atoms with van der Waals surface area (Å²) >= 11 is 0. The summed E-state index contributed by atoms with van der Waals surface area (Å²) in [7, 11) is 0. The van der Waals surface area contributed by atoms with Gasteiger partial charge in [-0.15, -0.1) is 0 Å². The molecule has 0 aliphatic heterocycles. The Morgan fingerprint density at radius 3 is 2.11 bits per heavy atom. The molecule has 0 radical (unpaired) electrons. The molecular formula is C17H29NO. The second-order valence-electron chi connectivity index (χ2n) is 4.94. The number of hydrogen-bond acceptors (Lipinski definition) is 2. The Balaban J connectivity index is 2.69. The average Bonchev–Trinajstić information content (AvgIpc) is 2.45. The molecule has 2 nitrogen and oxygen atoms in total. The van der Waals surface area contributed by atoms with Crippen LogP contribution in [0.15, 0.2) is 24.3 Å². The molecule has 0 spiro atoms. The lowest BCUT2D eigenvalue weighted by Gasteiger charge is -2.27. The molecule has 0 saturated heterocycles. The topological polar surface area (TPSA) is 21.3 Å². The second-order valence-corrected chi connectivity index (χ2v) is 4.94. The minimum atomic E-state index is 0.302. The molecule has 0 heterocycles. The largest absolute Gasteiger partial charge is 0.377 e. The molecule has 0 amide bonds. The summed E-state index contributed by atoms with van der Waals surface area (Å²) in [5.74, 6) is 0. The van der Waals surface area contributed by atoms with Crippen LogP contribution in [-0.4, -0.2) is 25.3 Å². The summed E-state index contributed by atoms with van der Waals surface area (Å²) in [6, 6.07) is 9.38. The van der Waals surface area contributed by atoms with E-state index in [1.807, 2.05) is 0 Å². The van der Waals surface area contributed by atoms with Crippen molar-refractivity contribution >= 4 is 0 Å². The minimum absolute atomic E-state index is 0.302. The number of rotatable bonds is 9. The quantitative estimate of drug-likeness (QED) is 0.735. The highest BCUT2D eigenvalue weighted by Crippen LogP contribution is 2.13. The lowest BCUT2D eigenvalue weighted by molar-refractivity contribution is 0.0323. The molecule has 0 fully saturated rings. The molecule has 0 aliphatic rings. The van der Waals surface area contributed by atoms with Gasteiger partial charge in [0.25, 0.3) is 0 Å². The van der Waals surface area contributed by atoms with Crippen molar-refractivity contribution in [3.63, 3.8) is 0 Å². The first-order valence-corrected chi connectivity index (χ1v) is 7.67. The van der Waals surface area contributed by atoms with Gasteiger partial charge < -0.3 is 10.1 Å². The van der Waals surface area contributed by atoms with E-state index in [1.165, 1.54) is 11.1 Å². The molecule has 0 saturated carbocycles. The summed E-state index contributed by atoms with van der Waals surface area (Å²) in [6.45, 7) is 10.4. The van der Waals surface area contributed by atoms with Gasteiger partial charge in [-0.3, -0.25) is 0 Å². The van der Waals surface area contributed by atoms with Gasteiger partial charge >= 0.3 is 0 Å². The maximum atomic E-state index is 5.86. The van der Waals surface area contributed by atoms with Crippen LogP contribution < -0.4 is 5.32 Å². The Kier molecular flexibility index (Phi) is 7.76. The van der Waals surface area contributed by atoms with Crippen LogP contribution in [0, 0.1) is 0 Å². The number of benzene rings is 1. The average molecular weight is 263 g/mol. The zero-order chi connectivity index (χ0) is 14.1. The number of aryl methyl sites for hydroxylation is 1. The molecule has 0 bridgehead atoms. The van der Waals surface area contributed by atoms with Crippen LogP contribution in [-0.2, 0) is 17.6 Å². The van der Waals surface area contributed by atoms with Crippen LogP contribution in [0.25, 0.3) is 0 Å². The maximum Gasteiger partial charge on any atom is 0.0728 e. The van der Waals surface area contributed by atoms with E-state index >= 15 is 0 Å². The van der Waals surface area contributed by atoms with Crippen molar-refractivity contribution in [1.29, 1.82) is 0 Å². The summed E-state index contributed by atoms with van der Waals surface area (Å²) in [6.07, 6.45) is 3.50. The standard InChI is InChI=1S/C17H29NO/c1-5-14-9-11-15(12-10-14)13-16(18-7-3)17(6-2)19-8-4/h9-12,16-18H,5-8,13H2,1-4H3. The highest BCUT2D eigenvalue weighted by molar-refractivity contribution is 5.23. The highest BCUT2D eigenvalue weighted by atomic mass is 16.5. The smallest absolute Gasteiger partial charge is 0.0728 e. The van der Waals surface area contributed by atoms with Crippen LogP contribution in [0.4, 0.5) is 0 Å². The molecule has 19 heavy (non-hydrogen) atoms. The molecular weight excluding hydrogens is 234 g/mol. The second kappa shape index (κ2) is 9.11. The van der Waals surface area contributed by atoms with E-state index in [1.54, 1.807) is 0 Å². The Bertz CT molecular complexity index is 334. The molecule has 0 aliphatic carbocycles. The minimum Gasteiger partial charge on any atom is -0.377 e. The van der Waals surface area contributed by atoms with Crippen LogP contribution >= 0.6 is 0 Å². The molecule has 1 rings (SSSR count). The van der Waals surface area contributed by atoms with Gasteiger partial charge in [-0.25, -0.2) is 0 Å². The maximum absolute atomic E-state index is 5.86. The molecule has 0 aromatic heterocycles. The summed E-state index contributed by atoms with van der Waals surface area (Å²) in [5.41, 5.74) is 2.79. The first-order chi connectivity index (χ1) is 9.24. The van der Waals surface area contributed by atoms with Gasteiger partial charge in [-0.2, -0.15) is 0 Å². The van der Waals surface area contributed by atoms with Crippen LogP contribution in [0.1, 0.15) is 45.2 Å². The number of nitrogens with one attached hydrogen (secondary N) is 1. The zero-order valence-electron chi connectivity index (χ0n) is 12.9. The van der Waals surface area contributed by atoms with E-state index in [4.69, 9.17) is 4.74 Å². The lowest BCUT2D eigenvalue weighted by atomic mass is 9.98. The van der Waals surface area contributed by atoms with Crippen LogP contribution in [0.3, 0.4) is 0 Å². The van der Waals surface area contributed by atoms with Gasteiger partial charge in [0.15, 0.2) is 0 Å². The van der Waals surface area contributed by atoms with Crippen molar-refractivity contribution in [1.82, 2.24) is 5.32 Å². The van der Waals surface area contributed by atoms with Crippen molar-refractivity contribution in [2.24, 2.45) is 0 Å². The third-order valence-corrected chi connectivity index (χ3v) is 3.59. The molecule has 2 heteroatoms. The van der Waals surface area contributed by atoms with E-state index in [0.29, 0.717) is 12.1 Å². The van der Waals surface area contributed by atoms with Gasteiger partial charge in [0.2, 0.25) is 0 Å². The third kappa shape index (κ3) is 5.33. The van der Waals surface area contributed by atoms with Gasteiger partial charge in [0, 0.05) is 12.6 Å². The normalized spacial score (nSPS) is 14.3. The van der Waals surface area contributed by atoms with Gasteiger partial charge in [-0.1, -0.05) is 45.0 Å². The first-order valence-electron chi connectivity index (χ1n) is 7.67. The van der Waals surface area contributed by atoms with Crippen LogP contribution in [0.5, 0.6) is 0 Å². The molecule has 1 aromatic rings. The lowest BCUT2D eigenvalue weighted by Crippen LogP contribution is -2.42. The summed E-state index contributed by atoms with van der Waals surface area (Å²) in [5, 5.41) is 3.57.